The topological polar surface area (TPSA) is 167 Å². The Bertz CT molecular complexity index is 1390. The van der Waals surface area contributed by atoms with Gasteiger partial charge in [-0.25, -0.2) is 14.2 Å². The third-order valence-corrected chi connectivity index (χ3v) is 4.67. The van der Waals surface area contributed by atoms with E-state index in [1.165, 1.54) is 23.5 Å². The minimum Gasteiger partial charge on any atom is -0.478 e. The number of rotatable bonds is 3. The molecular weight excluding hydrogens is 419 g/mol. The Morgan fingerprint density at radius 2 is 1.91 bits per heavy atom. The van der Waals surface area contributed by atoms with E-state index in [2.05, 4.69) is 10.1 Å². The van der Waals surface area contributed by atoms with Crippen LogP contribution in [-0.2, 0) is 7.05 Å². The van der Waals surface area contributed by atoms with E-state index in [0.717, 1.165) is 17.0 Å². The molecule has 0 amide bonds. The first kappa shape index (κ1) is 21.8. The molecule has 0 saturated carbocycles. The van der Waals surface area contributed by atoms with E-state index >= 15 is 0 Å². The van der Waals surface area contributed by atoms with Crippen LogP contribution < -0.4 is 5.73 Å². The predicted molar refractivity (Wildman–Crippen MR) is 113 cm³/mol. The zero-order valence-electron chi connectivity index (χ0n) is 16.5. The fourth-order valence-corrected chi connectivity index (χ4v) is 3.31. The Kier molecular flexibility index (Phi) is 6.07. The van der Waals surface area contributed by atoms with Crippen LogP contribution in [0.15, 0.2) is 54.0 Å². The van der Waals surface area contributed by atoms with Crippen molar-refractivity contribution in [3.05, 3.63) is 70.5 Å². The number of carboxylic acid groups (broad SMARTS) is 1. The summed E-state index contributed by atoms with van der Waals surface area (Å²) in [6.07, 6.45) is 1.67. The van der Waals surface area contributed by atoms with E-state index in [4.69, 9.17) is 21.1 Å². The molecule has 0 unspecified atom stereocenters. The number of pyridine rings is 1. The van der Waals surface area contributed by atoms with Crippen molar-refractivity contribution >= 4 is 22.7 Å². The van der Waals surface area contributed by atoms with Crippen LogP contribution in [0.3, 0.4) is 0 Å². The molecule has 0 bridgehead atoms. The molecule has 4 aromatic rings. The van der Waals surface area contributed by atoms with Crippen LogP contribution in [0.4, 0.5) is 10.2 Å². The Balaban J connectivity index is 0.000000913. The van der Waals surface area contributed by atoms with Crippen LogP contribution in [0.5, 0.6) is 0 Å². The molecular formula is C21H15FN6O4. The van der Waals surface area contributed by atoms with Crippen molar-refractivity contribution in [3.8, 4) is 28.5 Å². The predicted octanol–water partition coefficient (Wildman–Crippen LogP) is 3.74. The average molecular weight is 434 g/mol. The third-order valence-electron chi connectivity index (χ3n) is 4.67. The zero-order valence-corrected chi connectivity index (χ0v) is 16.5. The number of fused-ring (bicyclic) bond motifs is 1. The van der Waals surface area contributed by atoms with Crippen LogP contribution in [0.25, 0.3) is 33.3 Å². The molecule has 0 radical (unpaired) electrons. The number of aromatic nitrogens is 3. The molecule has 2 aromatic carbocycles. The van der Waals surface area contributed by atoms with Crippen molar-refractivity contribution in [3.63, 3.8) is 0 Å². The zero-order chi connectivity index (χ0) is 23.4. The van der Waals surface area contributed by atoms with Gasteiger partial charge in [0.1, 0.15) is 17.7 Å². The van der Waals surface area contributed by atoms with Gasteiger partial charge in [0.25, 0.3) is 0 Å². The maximum atomic E-state index is 14.2. The van der Waals surface area contributed by atoms with Gasteiger partial charge < -0.3 is 16.0 Å². The number of nitrogens with two attached hydrogens (primary N) is 1. The molecule has 0 spiro atoms. The molecule has 0 aliphatic heterocycles. The second-order valence-electron chi connectivity index (χ2n) is 6.55. The fraction of sp³-hybridized carbons (Fsp3) is 0.0476. The van der Waals surface area contributed by atoms with E-state index in [1.807, 2.05) is 6.07 Å². The minimum absolute atomic E-state index is 0.00614. The summed E-state index contributed by atoms with van der Waals surface area (Å²) in [6, 6.07) is 12.4. The van der Waals surface area contributed by atoms with Crippen LogP contribution in [0.1, 0.15) is 15.9 Å². The number of aromatic carboxylic acids is 1. The first-order valence-electron chi connectivity index (χ1n) is 8.93. The Hall–Kier alpha value is -4.85. The van der Waals surface area contributed by atoms with Crippen LogP contribution in [0.2, 0.25) is 0 Å². The molecule has 0 atom stereocenters. The van der Waals surface area contributed by atoms with Crippen LogP contribution in [-0.4, -0.2) is 31.0 Å². The maximum Gasteiger partial charge on any atom is 0.336 e. The second-order valence-corrected chi connectivity index (χ2v) is 6.55. The quantitative estimate of drug-likeness (QED) is 0.324. The van der Waals surface area contributed by atoms with Gasteiger partial charge in [-0.3, -0.25) is 4.68 Å². The van der Waals surface area contributed by atoms with E-state index in [9.17, 15) is 14.3 Å². The van der Waals surface area contributed by atoms with Gasteiger partial charge in [0.15, 0.2) is 5.34 Å². The van der Waals surface area contributed by atoms with Gasteiger partial charge in [-0.15, -0.1) is 4.91 Å². The lowest BCUT2D eigenvalue weighted by atomic mass is 9.93. The molecule has 2 aromatic heterocycles. The van der Waals surface area contributed by atoms with Gasteiger partial charge in [0, 0.05) is 23.6 Å². The number of carboxylic acids is 1. The van der Waals surface area contributed by atoms with Gasteiger partial charge in [0.2, 0.25) is 0 Å². The molecule has 32 heavy (non-hydrogen) atoms. The molecule has 4 N–H and O–H groups in total. The van der Waals surface area contributed by atoms with Crippen LogP contribution >= 0.6 is 0 Å². The van der Waals surface area contributed by atoms with Crippen molar-refractivity contribution in [2.75, 3.05) is 5.73 Å². The monoisotopic (exact) mass is 434 g/mol. The van der Waals surface area contributed by atoms with Crippen molar-refractivity contribution in [2.45, 2.75) is 0 Å². The lowest BCUT2D eigenvalue weighted by Gasteiger charge is -2.14. The highest BCUT2D eigenvalue weighted by molar-refractivity contribution is 6.02. The van der Waals surface area contributed by atoms with Gasteiger partial charge in [-0.2, -0.15) is 10.4 Å². The molecule has 11 heteroatoms. The number of carbonyl (C=O) groups is 1. The summed E-state index contributed by atoms with van der Waals surface area (Å²) in [4.78, 5) is 24.3. The summed E-state index contributed by atoms with van der Waals surface area (Å²) in [7, 11) is 1.81. The molecule has 2 heterocycles. The number of hydrogen-bond acceptors (Lipinski definition) is 7. The number of anilines is 1. The first-order chi connectivity index (χ1) is 15.3. The minimum atomic E-state index is -1.18. The summed E-state index contributed by atoms with van der Waals surface area (Å²) in [6.45, 7) is 0. The highest BCUT2D eigenvalue weighted by atomic mass is 19.1. The fourth-order valence-electron chi connectivity index (χ4n) is 3.31. The number of nitrogens with zero attached hydrogens (tertiary/aromatic N) is 5. The van der Waals surface area contributed by atoms with Crippen molar-refractivity contribution < 1.29 is 19.5 Å². The van der Waals surface area contributed by atoms with E-state index in [1.54, 1.807) is 36.1 Å². The molecule has 0 aliphatic rings. The number of nitriles is 1. The van der Waals surface area contributed by atoms with Gasteiger partial charge >= 0.3 is 5.97 Å². The maximum absolute atomic E-state index is 14.2. The largest absolute Gasteiger partial charge is 0.478 e. The molecule has 0 aliphatic carbocycles. The SMILES string of the molecule is Cn1ncc2cc(-c3c(C(=O)O)cc(N)nc3-c3ccc(C#N)c(F)c3)ccc21.O=NO. The highest BCUT2D eigenvalue weighted by Gasteiger charge is 2.21. The highest BCUT2D eigenvalue weighted by Crippen LogP contribution is 2.36. The Labute approximate surface area is 179 Å². The standard InChI is InChI=1S/C21H14FN5O2.HNO2/c1-27-17-5-4-11(6-14(17)10-25-27)19-15(21(28)29)8-18(24)26-20(19)12-2-3-13(9-23)16(22)7-12;2-1-3/h2-8,10H,1H3,(H2,24,26)(H,28,29);(H,2,3). The van der Waals surface area contributed by atoms with Gasteiger partial charge in [-0.05, 0) is 35.9 Å². The number of halogens is 1. The Morgan fingerprint density at radius 3 is 2.53 bits per heavy atom. The molecule has 0 fully saturated rings. The third kappa shape index (κ3) is 4.05. The number of hydrogen-bond donors (Lipinski definition) is 3. The van der Waals surface area contributed by atoms with E-state index in [-0.39, 0.29) is 22.6 Å². The summed E-state index contributed by atoms with van der Waals surface area (Å²) >= 11 is 0. The second kappa shape index (κ2) is 8.88. The molecule has 4 rings (SSSR count). The number of nitrogen functional groups attached to an aromatic ring is 1. The van der Waals surface area contributed by atoms with Gasteiger partial charge in [-0.1, -0.05) is 12.1 Å². The van der Waals surface area contributed by atoms with Crippen molar-refractivity contribution in [2.24, 2.45) is 12.4 Å². The lowest BCUT2D eigenvalue weighted by molar-refractivity contribution is 0.0697. The van der Waals surface area contributed by atoms with Crippen molar-refractivity contribution in [1.82, 2.24) is 14.8 Å². The summed E-state index contributed by atoms with van der Waals surface area (Å²) in [5.74, 6) is -1.91. The lowest BCUT2D eigenvalue weighted by Crippen LogP contribution is -2.06. The summed E-state index contributed by atoms with van der Waals surface area (Å²) in [5, 5.41) is 31.6. The summed E-state index contributed by atoms with van der Waals surface area (Å²) < 4.78 is 15.9. The van der Waals surface area contributed by atoms with E-state index < -0.39 is 11.8 Å². The number of aryl methyl sites for hydroxylation is 1. The van der Waals surface area contributed by atoms with E-state index in [0.29, 0.717) is 16.7 Å². The molecule has 10 nitrogen and oxygen atoms in total. The average Bonchev–Trinajstić information content (AvgIpc) is 3.13. The van der Waals surface area contributed by atoms with Gasteiger partial charge in [0.05, 0.1) is 28.5 Å². The van der Waals surface area contributed by atoms with Crippen molar-refractivity contribution in [1.29, 1.82) is 5.26 Å². The Morgan fingerprint density at radius 1 is 1.22 bits per heavy atom. The first-order valence-corrected chi connectivity index (χ1v) is 8.93. The number of benzene rings is 2. The smallest absolute Gasteiger partial charge is 0.336 e. The molecule has 0 saturated heterocycles. The normalized spacial score (nSPS) is 10.2. The molecule has 160 valence electrons. The van der Waals surface area contributed by atoms with Crippen LogP contribution in [0, 0.1) is 22.1 Å². The summed E-state index contributed by atoms with van der Waals surface area (Å²) in [5.41, 5.74) is 7.96.